The normalized spacial score (nSPS) is 19.0. The van der Waals surface area contributed by atoms with Crippen molar-refractivity contribution in [1.29, 1.82) is 0 Å². The minimum Gasteiger partial charge on any atom is -0.450 e. The van der Waals surface area contributed by atoms with Crippen molar-refractivity contribution in [1.82, 2.24) is 4.90 Å². The lowest BCUT2D eigenvalue weighted by Crippen LogP contribution is -2.42. The fraction of sp³-hybridized carbons (Fsp3) is 0.875. The molecule has 0 radical (unpaired) electrons. The Bertz CT molecular complexity index is 187. The summed E-state index contributed by atoms with van der Waals surface area (Å²) in [5, 5.41) is 8.42. The molecule has 5 nitrogen and oxygen atoms in total. The van der Waals surface area contributed by atoms with Crippen LogP contribution in [0.15, 0.2) is 0 Å². The Balaban J connectivity index is 0.00000196. The van der Waals surface area contributed by atoms with Gasteiger partial charge in [-0.25, -0.2) is 4.79 Å². The quantitative estimate of drug-likeness (QED) is 0.604. The average Bonchev–Trinajstić information content (AvgIpc) is 2.17. The number of carbonyl (C=O) groups is 1. The fourth-order valence-corrected chi connectivity index (χ4v) is 1.49. The molecule has 0 bridgehead atoms. The summed E-state index contributed by atoms with van der Waals surface area (Å²) in [5.74, 6) is 0.184. The van der Waals surface area contributed by atoms with Crippen molar-refractivity contribution < 1.29 is 19.4 Å². The van der Waals surface area contributed by atoms with Crippen molar-refractivity contribution in [3.05, 3.63) is 0 Å². The van der Waals surface area contributed by atoms with Crippen LogP contribution >= 0.6 is 24.0 Å². The molecule has 0 aromatic heterocycles. The number of alkyl halides is 1. The highest BCUT2D eigenvalue weighted by Crippen LogP contribution is 2.03. The van der Waals surface area contributed by atoms with Crippen molar-refractivity contribution in [2.24, 2.45) is 0 Å². The number of ether oxygens (including phenoxy) is 2. The SMILES string of the molecule is Cl.O=C(O)OC(CCl)CN1CCOCC1. The van der Waals surface area contributed by atoms with Gasteiger partial charge in [0.1, 0.15) is 6.10 Å². The molecule has 15 heavy (non-hydrogen) atoms. The van der Waals surface area contributed by atoms with Crippen LogP contribution in [0.2, 0.25) is 0 Å². The van der Waals surface area contributed by atoms with Gasteiger partial charge >= 0.3 is 6.16 Å². The average molecular weight is 260 g/mol. The number of halogens is 2. The first kappa shape index (κ1) is 14.8. The molecule has 7 heteroatoms. The molecule has 1 atom stereocenters. The van der Waals surface area contributed by atoms with Crippen LogP contribution in [0.5, 0.6) is 0 Å². The van der Waals surface area contributed by atoms with Gasteiger partial charge in [-0.1, -0.05) is 0 Å². The van der Waals surface area contributed by atoms with Gasteiger partial charge in [0, 0.05) is 19.6 Å². The largest absolute Gasteiger partial charge is 0.506 e. The van der Waals surface area contributed by atoms with E-state index in [9.17, 15) is 4.79 Å². The second kappa shape index (κ2) is 7.98. The Morgan fingerprint density at radius 2 is 2.13 bits per heavy atom. The Labute approximate surface area is 99.7 Å². The molecule has 0 amide bonds. The van der Waals surface area contributed by atoms with Gasteiger partial charge in [-0.3, -0.25) is 4.90 Å². The van der Waals surface area contributed by atoms with Gasteiger partial charge in [-0.15, -0.1) is 24.0 Å². The first-order valence-corrected chi connectivity index (χ1v) is 5.01. The molecule has 0 spiro atoms. The predicted molar refractivity (Wildman–Crippen MR) is 58.1 cm³/mol. The molecule has 0 aliphatic carbocycles. The summed E-state index contributed by atoms with van der Waals surface area (Å²) >= 11 is 5.58. The molecule has 0 saturated carbocycles. The zero-order valence-corrected chi connectivity index (χ0v) is 9.80. The number of rotatable bonds is 4. The summed E-state index contributed by atoms with van der Waals surface area (Å²) in [6.07, 6.45) is -1.73. The number of hydrogen-bond acceptors (Lipinski definition) is 4. The van der Waals surface area contributed by atoms with Gasteiger partial charge in [-0.05, 0) is 0 Å². The van der Waals surface area contributed by atoms with Crippen LogP contribution in [0, 0.1) is 0 Å². The highest BCUT2D eigenvalue weighted by atomic mass is 35.5. The van der Waals surface area contributed by atoms with E-state index < -0.39 is 12.3 Å². The van der Waals surface area contributed by atoms with Crippen molar-refractivity contribution >= 4 is 30.2 Å². The van der Waals surface area contributed by atoms with Crippen LogP contribution in [0.3, 0.4) is 0 Å². The predicted octanol–water partition coefficient (Wildman–Crippen LogP) is 1.04. The summed E-state index contributed by atoms with van der Waals surface area (Å²) in [5.41, 5.74) is 0. The molecule has 1 N–H and O–H groups in total. The Hall–Kier alpha value is -0.230. The molecule has 1 unspecified atom stereocenters. The van der Waals surface area contributed by atoms with E-state index in [0.29, 0.717) is 19.8 Å². The molecular formula is C8H15Cl2NO4. The summed E-state index contributed by atoms with van der Waals surface area (Å²) < 4.78 is 9.77. The van der Waals surface area contributed by atoms with E-state index in [1.54, 1.807) is 0 Å². The third-order valence-electron chi connectivity index (χ3n) is 2.01. The van der Waals surface area contributed by atoms with Gasteiger partial charge in [-0.2, -0.15) is 0 Å². The van der Waals surface area contributed by atoms with Crippen LogP contribution in [-0.4, -0.2) is 61.0 Å². The van der Waals surface area contributed by atoms with E-state index in [-0.39, 0.29) is 18.3 Å². The zero-order chi connectivity index (χ0) is 10.4. The number of morpholine rings is 1. The fourth-order valence-electron chi connectivity index (χ4n) is 1.33. The maximum absolute atomic E-state index is 10.3. The number of hydrogen-bond donors (Lipinski definition) is 1. The van der Waals surface area contributed by atoms with E-state index in [0.717, 1.165) is 13.1 Å². The summed E-state index contributed by atoms with van der Waals surface area (Å²) in [4.78, 5) is 12.4. The first-order chi connectivity index (χ1) is 6.72. The molecular weight excluding hydrogens is 245 g/mol. The minimum absolute atomic E-state index is 0. The molecule has 1 aliphatic rings. The summed E-state index contributed by atoms with van der Waals surface area (Å²) in [7, 11) is 0. The van der Waals surface area contributed by atoms with Gasteiger partial charge in [0.05, 0.1) is 19.1 Å². The Kier molecular flexibility index (Phi) is 7.86. The molecule has 1 fully saturated rings. The maximum atomic E-state index is 10.3. The highest BCUT2D eigenvalue weighted by molar-refractivity contribution is 6.18. The summed E-state index contributed by atoms with van der Waals surface area (Å²) in [6, 6.07) is 0. The second-order valence-electron chi connectivity index (χ2n) is 3.07. The first-order valence-electron chi connectivity index (χ1n) is 4.48. The molecule has 90 valence electrons. The van der Waals surface area contributed by atoms with Crippen LogP contribution in [0.1, 0.15) is 0 Å². The number of nitrogens with zero attached hydrogens (tertiary/aromatic N) is 1. The lowest BCUT2D eigenvalue weighted by atomic mass is 10.3. The van der Waals surface area contributed by atoms with E-state index in [1.807, 2.05) is 0 Å². The second-order valence-corrected chi connectivity index (χ2v) is 3.38. The molecule has 0 aromatic carbocycles. The van der Waals surface area contributed by atoms with Crippen LogP contribution in [-0.2, 0) is 9.47 Å². The smallest absolute Gasteiger partial charge is 0.450 e. The molecule has 1 heterocycles. The van der Waals surface area contributed by atoms with Crippen molar-refractivity contribution in [3.8, 4) is 0 Å². The summed E-state index contributed by atoms with van der Waals surface area (Å²) in [6.45, 7) is 3.51. The standard InChI is InChI=1S/C8H14ClNO4.ClH/c9-5-7(14-8(11)12)6-10-1-3-13-4-2-10;/h7H,1-6H2,(H,11,12);1H. The van der Waals surface area contributed by atoms with Gasteiger partial charge in [0.25, 0.3) is 0 Å². The van der Waals surface area contributed by atoms with Gasteiger partial charge in [0.15, 0.2) is 0 Å². The van der Waals surface area contributed by atoms with Crippen molar-refractivity contribution in [2.45, 2.75) is 6.10 Å². The minimum atomic E-state index is -1.27. The van der Waals surface area contributed by atoms with Gasteiger partial charge in [0.2, 0.25) is 0 Å². The van der Waals surface area contributed by atoms with Crippen LogP contribution in [0.25, 0.3) is 0 Å². The van der Waals surface area contributed by atoms with E-state index in [2.05, 4.69) is 9.64 Å². The molecule has 1 saturated heterocycles. The van der Waals surface area contributed by atoms with Crippen LogP contribution < -0.4 is 0 Å². The van der Waals surface area contributed by atoms with E-state index in [1.165, 1.54) is 0 Å². The van der Waals surface area contributed by atoms with Crippen LogP contribution in [0.4, 0.5) is 4.79 Å². The van der Waals surface area contributed by atoms with E-state index >= 15 is 0 Å². The lowest BCUT2D eigenvalue weighted by molar-refractivity contribution is 0.00347. The third-order valence-corrected chi connectivity index (χ3v) is 2.35. The topological polar surface area (TPSA) is 59.0 Å². The number of carboxylic acid groups (broad SMARTS) is 1. The van der Waals surface area contributed by atoms with Gasteiger partial charge < -0.3 is 14.6 Å². The lowest BCUT2D eigenvalue weighted by Gasteiger charge is -2.28. The van der Waals surface area contributed by atoms with E-state index in [4.69, 9.17) is 21.4 Å². The molecule has 1 rings (SSSR count). The third kappa shape index (κ3) is 6.04. The van der Waals surface area contributed by atoms with Crippen molar-refractivity contribution in [2.75, 3.05) is 38.7 Å². The maximum Gasteiger partial charge on any atom is 0.506 e. The molecule has 0 aromatic rings. The van der Waals surface area contributed by atoms with Crippen molar-refractivity contribution in [3.63, 3.8) is 0 Å². The Morgan fingerprint density at radius 1 is 1.53 bits per heavy atom. The zero-order valence-electron chi connectivity index (χ0n) is 8.23. The monoisotopic (exact) mass is 259 g/mol. The Morgan fingerprint density at radius 3 is 2.60 bits per heavy atom. The molecule has 1 aliphatic heterocycles. The highest BCUT2D eigenvalue weighted by Gasteiger charge is 2.18.